The first-order chi connectivity index (χ1) is 10.4. The van der Waals surface area contributed by atoms with E-state index in [1.54, 1.807) is 0 Å². The van der Waals surface area contributed by atoms with Gasteiger partial charge in [0.15, 0.2) is 11.6 Å². The molecule has 1 fully saturated rings. The van der Waals surface area contributed by atoms with Crippen LogP contribution in [-0.2, 0) is 0 Å². The van der Waals surface area contributed by atoms with Gasteiger partial charge < -0.3 is 20.1 Å². The number of rotatable bonds is 3. The van der Waals surface area contributed by atoms with Gasteiger partial charge in [-0.3, -0.25) is 4.79 Å². The van der Waals surface area contributed by atoms with Crippen LogP contribution in [0.25, 0.3) is 10.9 Å². The van der Waals surface area contributed by atoms with Gasteiger partial charge in [-0.15, -0.1) is 0 Å². The second-order valence-corrected chi connectivity index (χ2v) is 5.01. The minimum Gasteiger partial charge on any atom is -0.494 e. The predicted molar refractivity (Wildman–Crippen MR) is 73.5 cm³/mol. The molecule has 3 N–H and O–H groups in total. The highest BCUT2D eigenvalue weighted by Gasteiger charge is 2.41. The van der Waals surface area contributed by atoms with Gasteiger partial charge >= 0.3 is 5.97 Å². The van der Waals surface area contributed by atoms with Gasteiger partial charge in [0.25, 0.3) is 0 Å². The molecule has 0 unspecified atom stereocenters. The third-order valence-electron chi connectivity index (χ3n) is 3.65. The molecule has 1 aliphatic rings. The molecule has 0 aliphatic heterocycles. The van der Waals surface area contributed by atoms with Gasteiger partial charge in [-0.05, 0) is 0 Å². The van der Waals surface area contributed by atoms with Gasteiger partial charge in [0.1, 0.15) is 11.7 Å². The van der Waals surface area contributed by atoms with Gasteiger partial charge in [-0.25, -0.2) is 13.6 Å². The molecule has 1 radical (unpaired) electrons. The summed E-state index contributed by atoms with van der Waals surface area (Å²) in [4.78, 5) is 23.5. The number of methoxy groups -OCH3 is 1. The maximum Gasteiger partial charge on any atom is 0.341 e. The summed E-state index contributed by atoms with van der Waals surface area (Å²) in [5, 5.41) is 8.78. The van der Waals surface area contributed by atoms with Gasteiger partial charge in [-0.1, -0.05) is 0 Å². The summed E-state index contributed by atoms with van der Waals surface area (Å²) in [6.07, 6.45) is 0.0194. The fraction of sp³-hybridized carbons (Fsp3) is 0.286. The van der Waals surface area contributed by atoms with E-state index in [0.717, 1.165) is 6.20 Å². The number of carboxylic acid groups (broad SMARTS) is 1. The quantitative estimate of drug-likeness (QED) is 0.838. The lowest BCUT2D eigenvalue weighted by Crippen LogP contribution is -2.21. The Morgan fingerprint density at radius 1 is 1.59 bits per heavy atom. The molecule has 8 heteroatoms. The van der Waals surface area contributed by atoms with Crippen LogP contribution in [-0.4, -0.2) is 28.9 Å². The zero-order chi connectivity index (χ0) is 16.2. The van der Waals surface area contributed by atoms with E-state index < -0.39 is 40.7 Å². The Hall–Kier alpha value is -2.64. The molecule has 0 bridgehead atoms. The molecule has 1 heterocycles. The number of anilines is 1. The second kappa shape index (κ2) is 4.69. The van der Waals surface area contributed by atoms with Crippen molar-refractivity contribution in [3.63, 3.8) is 0 Å². The Bertz CT molecular complexity index is 862. The molecule has 0 spiro atoms. The highest BCUT2D eigenvalue weighted by Crippen LogP contribution is 2.43. The summed E-state index contributed by atoms with van der Waals surface area (Å²) < 4.78 is 33.5. The summed E-state index contributed by atoms with van der Waals surface area (Å²) >= 11 is 0. The van der Waals surface area contributed by atoms with E-state index in [1.165, 1.54) is 11.7 Å². The van der Waals surface area contributed by atoms with Crippen molar-refractivity contribution in [1.29, 1.82) is 0 Å². The van der Waals surface area contributed by atoms with Crippen molar-refractivity contribution in [2.75, 3.05) is 12.8 Å². The molecule has 1 aliphatic carbocycles. The molecule has 3 rings (SSSR count). The molecule has 1 aromatic heterocycles. The van der Waals surface area contributed by atoms with Crippen LogP contribution in [0.1, 0.15) is 22.8 Å². The van der Waals surface area contributed by atoms with Crippen LogP contribution in [0.3, 0.4) is 0 Å². The summed E-state index contributed by atoms with van der Waals surface area (Å²) in [6, 6.07) is 1.59. The minimum atomic E-state index is -1.50. The third-order valence-corrected chi connectivity index (χ3v) is 3.65. The van der Waals surface area contributed by atoms with E-state index in [2.05, 4.69) is 6.07 Å². The monoisotopic (exact) mass is 309 g/mol. The van der Waals surface area contributed by atoms with Gasteiger partial charge in [-0.2, -0.15) is 0 Å². The fourth-order valence-electron chi connectivity index (χ4n) is 2.45. The standard InChI is InChI=1S/C14H11F2N2O4/c1-22-9-3-7(16)11(17)10-12(9)18(8-2-6(8)15)4-5(13(10)19)14(20)21/h4,6,8H,2,17H2,1H3,(H,20,21)/t6-,8+/m0/s1. The molecule has 1 aromatic carbocycles. The van der Waals surface area contributed by atoms with Crippen LogP contribution in [0.5, 0.6) is 5.75 Å². The Morgan fingerprint density at radius 3 is 2.73 bits per heavy atom. The van der Waals surface area contributed by atoms with E-state index in [0.29, 0.717) is 0 Å². The largest absolute Gasteiger partial charge is 0.494 e. The van der Waals surface area contributed by atoms with E-state index in [9.17, 15) is 18.4 Å². The van der Waals surface area contributed by atoms with E-state index in [-0.39, 0.29) is 23.1 Å². The number of carbonyl (C=O) groups is 1. The number of alkyl halides is 1. The zero-order valence-electron chi connectivity index (χ0n) is 11.4. The van der Waals surface area contributed by atoms with E-state index >= 15 is 0 Å². The van der Waals surface area contributed by atoms with Crippen molar-refractivity contribution in [1.82, 2.24) is 4.57 Å². The maximum absolute atomic E-state index is 13.8. The molecule has 1 saturated carbocycles. The number of pyridine rings is 1. The number of carboxylic acids is 1. The van der Waals surface area contributed by atoms with E-state index in [4.69, 9.17) is 15.6 Å². The fourth-order valence-corrected chi connectivity index (χ4v) is 2.45. The van der Waals surface area contributed by atoms with Crippen LogP contribution >= 0.6 is 0 Å². The average molecular weight is 309 g/mol. The Morgan fingerprint density at radius 2 is 2.23 bits per heavy atom. The number of hydrogen-bond acceptors (Lipinski definition) is 4. The first kappa shape index (κ1) is 14.3. The molecular weight excluding hydrogens is 298 g/mol. The number of ether oxygens (including phenoxy) is 1. The Kier molecular flexibility index (Phi) is 3.05. The second-order valence-electron chi connectivity index (χ2n) is 5.01. The first-order valence-electron chi connectivity index (χ1n) is 6.37. The third kappa shape index (κ3) is 1.91. The Balaban J connectivity index is 2.52. The number of benzene rings is 1. The smallest absolute Gasteiger partial charge is 0.341 e. The molecule has 2 atom stereocenters. The highest BCUT2D eigenvalue weighted by molar-refractivity contribution is 5.99. The van der Waals surface area contributed by atoms with Crippen molar-refractivity contribution in [3.05, 3.63) is 33.9 Å². The minimum absolute atomic E-state index is 0.0431. The lowest BCUT2D eigenvalue weighted by Gasteiger charge is -2.15. The molecule has 115 valence electrons. The lowest BCUT2D eigenvalue weighted by molar-refractivity contribution is 0.0694. The molecular formula is C14H11F2N2O4. The number of nitrogens with zero attached hydrogens (tertiary/aromatic N) is 1. The van der Waals surface area contributed by atoms with Crippen molar-refractivity contribution in [3.8, 4) is 5.75 Å². The van der Waals surface area contributed by atoms with Crippen LogP contribution in [0, 0.1) is 11.9 Å². The zero-order valence-corrected chi connectivity index (χ0v) is 11.4. The van der Waals surface area contributed by atoms with Gasteiger partial charge in [0.2, 0.25) is 5.43 Å². The number of aromatic carboxylic acids is 1. The van der Waals surface area contributed by atoms with Crippen LogP contribution in [0.15, 0.2) is 11.0 Å². The molecule has 0 amide bonds. The topological polar surface area (TPSA) is 94.6 Å². The number of halogens is 2. The summed E-state index contributed by atoms with van der Waals surface area (Å²) in [6.45, 7) is 0. The number of nitrogen functional groups attached to an aromatic ring is 1. The van der Waals surface area contributed by atoms with Gasteiger partial charge in [0.05, 0.1) is 35.8 Å². The first-order valence-corrected chi connectivity index (χ1v) is 6.37. The number of nitrogens with two attached hydrogens (primary N) is 1. The summed E-state index contributed by atoms with van der Waals surface area (Å²) in [5.74, 6) is -2.65. The van der Waals surface area contributed by atoms with Crippen LogP contribution in [0.2, 0.25) is 0 Å². The molecule has 6 nitrogen and oxygen atoms in total. The van der Waals surface area contributed by atoms with Crippen molar-refractivity contribution >= 4 is 22.6 Å². The molecule has 0 saturated heterocycles. The Labute approximate surface area is 122 Å². The average Bonchev–Trinajstić information content (AvgIpc) is 3.19. The number of fused-ring (bicyclic) bond motifs is 1. The van der Waals surface area contributed by atoms with E-state index in [1.807, 2.05) is 0 Å². The SMILES string of the molecule is COc1[c]c(F)c(N)c2c(=O)c(C(=O)O)cn([C@@H]3C[C@@H]3F)c12. The molecule has 22 heavy (non-hydrogen) atoms. The van der Waals surface area contributed by atoms with Gasteiger partial charge in [0, 0.05) is 12.6 Å². The lowest BCUT2D eigenvalue weighted by atomic mass is 10.1. The predicted octanol–water partition coefficient (Wildman–Crippen LogP) is 1.51. The molecule has 2 aromatic rings. The van der Waals surface area contributed by atoms with Crippen molar-refractivity contribution < 1.29 is 23.4 Å². The number of aromatic nitrogens is 1. The number of hydrogen-bond donors (Lipinski definition) is 2. The van der Waals surface area contributed by atoms with Crippen molar-refractivity contribution in [2.24, 2.45) is 0 Å². The van der Waals surface area contributed by atoms with Crippen LogP contribution in [0.4, 0.5) is 14.5 Å². The maximum atomic E-state index is 13.8. The normalized spacial score (nSPS) is 20.1. The van der Waals surface area contributed by atoms with Crippen molar-refractivity contribution in [2.45, 2.75) is 18.6 Å². The summed E-state index contributed by atoms with van der Waals surface area (Å²) in [5.41, 5.74) is 3.53. The highest BCUT2D eigenvalue weighted by atomic mass is 19.1. The van der Waals surface area contributed by atoms with Crippen LogP contribution < -0.4 is 15.9 Å². The summed E-state index contributed by atoms with van der Waals surface area (Å²) in [7, 11) is 1.24.